The Kier molecular flexibility index (Phi) is 8.53. The van der Waals surface area contributed by atoms with Crippen LogP contribution >= 0.6 is 0 Å². The number of halogens is 3. The fourth-order valence-corrected chi connectivity index (χ4v) is 4.32. The zero-order valence-electron chi connectivity index (χ0n) is 20.3. The Morgan fingerprint density at radius 3 is 2.20 bits per heavy atom. The molecule has 1 aliphatic heterocycles. The van der Waals surface area contributed by atoms with Crippen molar-refractivity contribution in [2.45, 2.75) is 57.7 Å². The molecule has 192 valence electrons. The quantitative estimate of drug-likeness (QED) is 0.429. The van der Waals surface area contributed by atoms with E-state index in [1.807, 2.05) is 0 Å². The van der Waals surface area contributed by atoms with Crippen LogP contribution in [0.4, 0.5) is 23.7 Å². The molecule has 35 heavy (non-hydrogen) atoms. The minimum Gasteiger partial charge on any atom is -0.497 e. The van der Waals surface area contributed by atoms with E-state index in [1.165, 1.54) is 18.1 Å². The van der Waals surface area contributed by atoms with Crippen molar-refractivity contribution >= 4 is 11.7 Å². The second-order valence-corrected chi connectivity index (χ2v) is 9.05. The molecule has 2 N–H and O–H groups in total. The first-order chi connectivity index (χ1) is 16.5. The van der Waals surface area contributed by atoms with E-state index < -0.39 is 23.4 Å². The Balaban J connectivity index is 1.70. The standard InChI is InChI=1S/C26H33F3N2O4/c1-4-18(5-2)17-25(33)10-12-31(13-11-25)24(32)30-20-14-19(26(27,28)29)15-23(16-20)35-22-8-6-21(34-3)7-9-22/h6-9,14-16,18,33H,4-5,10-13,17H2,1-3H3,(H,30,32). The first kappa shape index (κ1) is 26.7. The summed E-state index contributed by atoms with van der Waals surface area (Å²) in [5.74, 6) is 1.28. The van der Waals surface area contributed by atoms with Gasteiger partial charge in [0, 0.05) is 24.8 Å². The summed E-state index contributed by atoms with van der Waals surface area (Å²) in [6, 6.07) is 9.03. The number of aliphatic hydroxyl groups is 1. The molecule has 1 aliphatic rings. The van der Waals surface area contributed by atoms with Crippen molar-refractivity contribution in [3.05, 3.63) is 48.0 Å². The molecule has 0 spiro atoms. The van der Waals surface area contributed by atoms with Crippen LogP contribution in [0.2, 0.25) is 0 Å². The molecule has 0 unspecified atom stereocenters. The minimum absolute atomic E-state index is 0.0220. The number of alkyl halides is 3. The third-order valence-electron chi connectivity index (χ3n) is 6.58. The van der Waals surface area contributed by atoms with Crippen LogP contribution in [0.15, 0.2) is 42.5 Å². The Bertz CT molecular complexity index is 983. The number of rotatable bonds is 8. The summed E-state index contributed by atoms with van der Waals surface area (Å²) in [4.78, 5) is 14.3. The molecule has 0 atom stereocenters. The van der Waals surface area contributed by atoms with Gasteiger partial charge in [0.15, 0.2) is 0 Å². The van der Waals surface area contributed by atoms with E-state index in [2.05, 4.69) is 19.2 Å². The van der Waals surface area contributed by atoms with Gasteiger partial charge in [-0.3, -0.25) is 0 Å². The van der Waals surface area contributed by atoms with Crippen LogP contribution in [0.3, 0.4) is 0 Å². The zero-order valence-corrected chi connectivity index (χ0v) is 20.3. The summed E-state index contributed by atoms with van der Waals surface area (Å²) >= 11 is 0. The highest BCUT2D eigenvalue weighted by Gasteiger charge is 2.36. The van der Waals surface area contributed by atoms with Gasteiger partial charge in [-0.25, -0.2) is 4.79 Å². The molecule has 0 aromatic heterocycles. The van der Waals surface area contributed by atoms with E-state index >= 15 is 0 Å². The van der Waals surface area contributed by atoms with Crippen molar-refractivity contribution in [1.82, 2.24) is 4.90 Å². The monoisotopic (exact) mass is 494 g/mol. The molecule has 1 fully saturated rings. The average molecular weight is 495 g/mol. The molecule has 2 aromatic rings. The molecule has 1 saturated heterocycles. The SMILES string of the molecule is CCC(CC)CC1(O)CCN(C(=O)Nc2cc(Oc3ccc(OC)cc3)cc(C(F)(F)F)c2)CC1. The summed E-state index contributed by atoms with van der Waals surface area (Å²) in [6.45, 7) is 4.86. The van der Waals surface area contributed by atoms with Gasteiger partial charge in [0.25, 0.3) is 0 Å². The van der Waals surface area contributed by atoms with E-state index in [4.69, 9.17) is 9.47 Å². The lowest BCUT2D eigenvalue weighted by atomic mass is 9.81. The number of nitrogens with one attached hydrogen (secondary N) is 1. The maximum Gasteiger partial charge on any atom is 0.416 e. The third-order valence-corrected chi connectivity index (χ3v) is 6.58. The molecule has 1 heterocycles. The number of piperidine rings is 1. The van der Waals surface area contributed by atoms with Crippen molar-refractivity contribution < 1.29 is 32.5 Å². The van der Waals surface area contributed by atoms with E-state index in [0.29, 0.717) is 49.8 Å². The molecule has 6 nitrogen and oxygen atoms in total. The van der Waals surface area contributed by atoms with E-state index in [1.54, 1.807) is 24.3 Å². The van der Waals surface area contributed by atoms with Gasteiger partial charge < -0.3 is 24.8 Å². The molecule has 0 saturated carbocycles. The molecule has 9 heteroatoms. The van der Waals surface area contributed by atoms with Gasteiger partial charge >= 0.3 is 12.2 Å². The van der Waals surface area contributed by atoms with E-state index in [-0.39, 0.29) is 11.4 Å². The highest BCUT2D eigenvalue weighted by atomic mass is 19.4. The highest BCUT2D eigenvalue weighted by molar-refractivity contribution is 5.89. The molecule has 0 radical (unpaired) electrons. The lowest BCUT2D eigenvalue weighted by molar-refractivity contribution is -0.137. The number of nitrogens with zero attached hydrogens (tertiary/aromatic N) is 1. The van der Waals surface area contributed by atoms with Crippen molar-refractivity contribution in [1.29, 1.82) is 0 Å². The first-order valence-electron chi connectivity index (χ1n) is 11.9. The predicted octanol–water partition coefficient (Wildman–Crippen LogP) is 6.69. The van der Waals surface area contributed by atoms with Crippen LogP contribution in [0.1, 0.15) is 51.5 Å². The molecule has 0 bridgehead atoms. The summed E-state index contributed by atoms with van der Waals surface area (Å²) < 4.78 is 51.2. The van der Waals surface area contributed by atoms with Crippen molar-refractivity contribution in [2.75, 3.05) is 25.5 Å². The predicted molar refractivity (Wildman–Crippen MR) is 128 cm³/mol. The van der Waals surface area contributed by atoms with Gasteiger partial charge in [0.1, 0.15) is 17.2 Å². The number of amides is 2. The number of ether oxygens (including phenoxy) is 2. The smallest absolute Gasteiger partial charge is 0.416 e. The summed E-state index contributed by atoms with van der Waals surface area (Å²) in [5, 5.41) is 13.5. The topological polar surface area (TPSA) is 71.0 Å². The Morgan fingerprint density at radius 2 is 1.66 bits per heavy atom. The van der Waals surface area contributed by atoms with Gasteiger partial charge in [-0.2, -0.15) is 13.2 Å². The second kappa shape index (κ2) is 11.2. The number of urea groups is 1. The van der Waals surface area contributed by atoms with Gasteiger partial charge in [-0.1, -0.05) is 26.7 Å². The Hall–Kier alpha value is -2.94. The molecule has 0 aliphatic carbocycles. The van der Waals surface area contributed by atoms with Gasteiger partial charge in [0.05, 0.1) is 18.3 Å². The van der Waals surface area contributed by atoms with Crippen molar-refractivity contribution in [2.24, 2.45) is 5.92 Å². The molecular weight excluding hydrogens is 461 g/mol. The minimum atomic E-state index is -4.62. The normalized spacial score (nSPS) is 15.7. The molecule has 2 amide bonds. The zero-order chi connectivity index (χ0) is 25.6. The number of hydrogen-bond acceptors (Lipinski definition) is 4. The largest absolute Gasteiger partial charge is 0.497 e. The van der Waals surface area contributed by atoms with Crippen molar-refractivity contribution in [3.8, 4) is 17.2 Å². The van der Waals surface area contributed by atoms with Gasteiger partial charge in [-0.15, -0.1) is 0 Å². The number of carbonyl (C=O) groups is 1. The Labute approximate surface area is 204 Å². The number of anilines is 1. The number of benzene rings is 2. The second-order valence-electron chi connectivity index (χ2n) is 9.05. The van der Waals surface area contributed by atoms with Crippen LogP contribution in [-0.4, -0.2) is 41.8 Å². The number of methoxy groups -OCH3 is 1. The van der Waals surface area contributed by atoms with Gasteiger partial charge in [0.2, 0.25) is 0 Å². The van der Waals surface area contributed by atoms with Crippen LogP contribution in [-0.2, 0) is 6.18 Å². The van der Waals surface area contributed by atoms with Crippen LogP contribution < -0.4 is 14.8 Å². The fraction of sp³-hybridized carbons (Fsp3) is 0.500. The van der Waals surface area contributed by atoms with Gasteiger partial charge in [-0.05, 0) is 61.6 Å². The summed E-state index contributed by atoms with van der Waals surface area (Å²) in [7, 11) is 1.51. The van der Waals surface area contributed by atoms with Crippen LogP contribution in [0, 0.1) is 5.92 Å². The van der Waals surface area contributed by atoms with Crippen LogP contribution in [0.25, 0.3) is 0 Å². The van der Waals surface area contributed by atoms with E-state index in [9.17, 15) is 23.1 Å². The number of hydrogen-bond donors (Lipinski definition) is 2. The Morgan fingerprint density at radius 1 is 1.06 bits per heavy atom. The average Bonchev–Trinajstić information content (AvgIpc) is 2.82. The summed E-state index contributed by atoms with van der Waals surface area (Å²) in [5.41, 5.74) is -1.77. The van der Waals surface area contributed by atoms with E-state index in [0.717, 1.165) is 25.0 Å². The van der Waals surface area contributed by atoms with Crippen LogP contribution in [0.5, 0.6) is 17.2 Å². The summed E-state index contributed by atoms with van der Waals surface area (Å²) in [6.07, 6.45) is -1.08. The number of likely N-dealkylation sites (tertiary alicyclic amines) is 1. The first-order valence-corrected chi connectivity index (χ1v) is 11.9. The maximum atomic E-state index is 13.5. The maximum absolute atomic E-state index is 13.5. The fourth-order valence-electron chi connectivity index (χ4n) is 4.32. The lowest BCUT2D eigenvalue weighted by Crippen LogP contribution is -2.48. The lowest BCUT2D eigenvalue weighted by Gasteiger charge is -2.39. The third kappa shape index (κ3) is 7.27. The molecule has 2 aromatic carbocycles. The molecular formula is C26H33F3N2O4. The molecule has 3 rings (SSSR count). The van der Waals surface area contributed by atoms with Crippen molar-refractivity contribution in [3.63, 3.8) is 0 Å². The highest BCUT2D eigenvalue weighted by Crippen LogP contribution is 2.36. The number of carbonyl (C=O) groups excluding carboxylic acids is 1.